The van der Waals surface area contributed by atoms with E-state index in [1.165, 1.54) is 7.11 Å². The summed E-state index contributed by atoms with van der Waals surface area (Å²) in [5.41, 5.74) is 0.818. The van der Waals surface area contributed by atoms with Gasteiger partial charge in [0, 0.05) is 24.4 Å². The van der Waals surface area contributed by atoms with Gasteiger partial charge in [-0.3, -0.25) is 4.79 Å². The van der Waals surface area contributed by atoms with E-state index in [-0.39, 0.29) is 24.3 Å². The Labute approximate surface area is 124 Å². The van der Waals surface area contributed by atoms with Crippen molar-refractivity contribution in [2.24, 2.45) is 0 Å². The highest BCUT2D eigenvalue weighted by atomic mass is 32.1. The second kappa shape index (κ2) is 7.71. The predicted octanol–water partition coefficient (Wildman–Crippen LogP) is 1.50. The molecule has 0 spiro atoms. The number of hydrogen-bond donors (Lipinski definition) is 2. The fraction of sp³-hybridized carbons (Fsp3) is 0.714. The van der Waals surface area contributed by atoms with Crippen LogP contribution in [0.1, 0.15) is 37.9 Å². The number of amides is 1. The third-order valence-corrected chi connectivity index (χ3v) is 4.01. The Bertz CT molecular complexity index is 426. The number of aliphatic hydroxyl groups excluding tert-OH is 1. The molecule has 1 heterocycles. The Balaban J connectivity index is 2.34. The number of ether oxygens (including phenoxy) is 1. The van der Waals surface area contributed by atoms with E-state index in [9.17, 15) is 9.90 Å². The van der Waals surface area contributed by atoms with Crippen molar-refractivity contribution in [1.82, 2.24) is 10.3 Å². The van der Waals surface area contributed by atoms with E-state index in [4.69, 9.17) is 4.74 Å². The van der Waals surface area contributed by atoms with Gasteiger partial charge in [-0.15, -0.1) is 11.3 Å². The molecule has 0 saturated heterocycles. The average Bonchev–Trinajstić information content (AvgIpc) is 2.77. The van der Waals surface area contributed by atoms with Crippen LogP contribution in [0.25, 0.3) is 0 Å². The molecule has 1 aromatic heterocycles. The van der Waals surface area contributed by atoms with Crippen LogP contribution in [-0.4, -0.2) is 42.4 Å². The summed E-state index contributed by atoms with van der Waals surface area (Å²) < 4.78 is 4.82. The summed E-state index contributed by atoms with van der Waals surface area (Å²) in [5, 5.41) is 15.2. The number of carbonyl (C=O) groups is 1. The lowest BCUT2D eigenvalue weighted by molar-refractivity contribution is -0.120. The van der Waals surface area contributed by atoms with E-state index in [0.717, 1.165) is 10.7 Å². The monoisotopic (exact) mass is 300 g/mol. The summed E-state index contributed by atoms with van der Waals surface area (Å²) in [6.45, 7) is 7.04. The zero-order valence-electron chi connectivity index (χ0n) is 12.6. The highest BCUT2D eigenvalue weighted by Gasteiger charge is 2.18. The smallest absolute Gasteiger partial charge is 0.226 e. The molecule has 1 unspecified atom stereocenters. The lowest BCUT2D eigenvalue weighted by atomic mass is 9.98. The zero-order valence-corrected chi connectivity index (χ0v) is 13.4. The van der Waals surface area contributed by atoms with Crippen molar-refractivity contribution in [3.05, 3.63) is 16.1 Å². The van der Waals surface area contributed by atoms with Crippen LogP contribution in [0.3, 0.4) is 0 Å². The van der Waals surface area contributed by atoms with Gasteiger partial charge in [0.05, 0.1) is 29.8 Å². The molecular formula is C14H24N2O3S. The molecule has 0 saturated carbocycles. The molecule has 0 radical (unpaired) electrons. The van der Waals surface area contributed by atoms with Gasteiger partial charge in [0.2, 0.25) is 5.91 Å². The lowest BCUT2D eigenvalue weighted by Gasteiger charge is -2.13. The second-order valence-corrected chi connectivity index (χ2v) is 6.68. The zero-order chi connectivity index (χ0) is 15.2. The number of thiazole rings is 1. The van der Waals surface area contributed by atoms with Crippen molar-refractivity contribution in [3.63, 3.8) is 0 Å². The van der Waals surface area contributed by atoms with Gasteiger partial charge >= 0.3 is 0 Å². The normalized spacial score (nSPS) is 13.2. The van der Waals surface area contributed by atoms with Gasteiger partial charge in [-0.05, 0) is 6.42 Å². The van der Waals surface area contributed by atoms with Gasteiger partial charge in [0.1, 0.15) is 0 Å². The number of rotatable bonds is 7. The quantitative estimate of drug-likeness (QED) is 0.800. The van der Waals surface area contributed by atoms with Crippen LogP contribution < -0.4 is 5.32 Å². The Hall–Kier alpha value is -0.980. The first-order chi connectivity index (χ1) is 9.32. The first-order valence-corrected chi connectivity index (χ1v) is 7.59. The maximum Gasteiger partial charge on any atom is 0.226 e. The van der Waals surface area contributed by atoms with Gasteiger partial charge in [-0.2, -0.15) is 0 Å². The minimum atomic E-state index is -0.535. The molecule has 20 heavy (non-hydrogen) atoms. The summed E-state index contributed by atoms with van der Waals surface area (Å²) >= 11 is 1.59. The van der Waals surface area contributed by atoms with Gasteiger partial charge < -0.3 is 15.2 Å². The highest BCUT2D eigenvalue weighted by Crippen LogP contribution is 2.25. The summed E-state index contributed by atoms with van der Waals surface area (Å²) in [6, 6.07) is 0. The van der Waals surface area contributed by atoms with E-state index in [1.807, 2.05) is 5.38 Å². The van der Waals surface area contributed by atoms with Crippen LogP contribution >= 0.6 is 11.3 Å². The van der Waals surface area contributed by atoms with Crippen LogP contribution in [0.15, 0.2) is 5.38 Å². The lowest BCUT2D eigenvalue weighted by Crippen LogP contribution is -2.29. The van der Waals surface area contributed by atoms with Gasteiger partial charge in [-0.1, -0.05) is 20.8 Å². The second-order valence-electron chi connectivity index (χ2n) is 5.82. The average molecular weight is 300 g/mol. The molecule has 0 aliphatic carbocycles. The SMILES string of the molecule is COCC(O)CCNC(=O)Cc1csc(C(C)(C)C)n1. The van der Waals surface area contributed by atoms with Crippen LogP contribution in [-0.2, 0) is 21.4 Å². The third-order valence-electron chi connectivity index (χ3n) is 2.69. The summed E-state index contributed by atoms with van der Waals surface area (Å²) in [5.74, 6) is -0.0691. The maximum absolute atomic E-state index is 11.8. The first-order valence-electron chi connectivity index (χ1n) is 6.71. The number of carbonyl (C=O) groups excluding carboxylic acids is 1. The minimum absolute atomic E-state index is 0.0175. The summed E-state index contributed by atoms with van der Waals surface area (Å²) in [4.78, 5) is 16.2. The molecule has 0 fully saturated rings. The van der Waals surface area contributed by atoms with Crippen LogP contribution in [0.5, 0.6) is 0 Å². The largest absolute Gasteiger partial charge is 0.391 e. The van der Waals surface area contributed by atoms with Crippen molar-refractivity contribution in [2.75, 3.05) is 20.3 Å². The van der Waals surface area contributed by atoms with Crippen molar-refractivity contribution in [2.45, 2.75) is 45.1 Å². The van der Waals surface area contributed by atoms with Gasteiger partial charge in [0.15, 0.2) is 0 Å². The molecule has 0 aliphatic heterocycles. The van der Waals surface area contributed by atoms with Crippen LogP contribution in [0, 0.1) is 0 Å². The minimum Gasteiger partial charge on any atom is -0.391 e. The van der Waals surface area contributed by atoms with E-state index in [2.05, 4.69) is 31.1 Å². The maximum atomic E-state index is 11.8. The Morgan fingerprint density at radius 3 is 2.80 bits per heavy atom. The standard InChI is InChI=1S/C14H24N2O3S/c1-14(2,3)13-16-10(9-20-13)7-12(18)15-6-5-11(17)8-19-4/h9,11,17H,5-8H2,1-4H3,(H,15,18). The molecule has 0 bridgehead atoms. The molecule has 5 nitrogen and oxygen atoms in total. The molecule has 114 valence electrons. The molecule has 6 heteroatoms. The topological polar surface area (TPSA) is 71.5 Å². The summed E-state index contributed by atoms with van der Waals surface area (Å²) in [6.07, 6.45) is 0.240. The molecule has 1 rings (SSSR count). The Morgan fingerprint density at radius 1 is 1.55 bits per heavy atom. The molecule has 2 N–H and O–H groups in total. The van der Waals surface area contributed by atoms with E-state index >= 15 is 0 Å². The van der Waals surface area contributed by atoms with Crippen LogP contribution in [0.2, 0.25) is 0 Å². The van der Waals surface area contributed by atoms with Crippen molar-refractivity contribution in [1.29, 1.82) is 0 Å². The first kappa shape index (κ1) is 17.1. The Kier molecular flexibility index (Phi) is 6.58. The van der Waals surface area contributed by atoms with E-state index < -0.39 is 6.10 Å². The number of nitrogens with one attached hydrogen (secondary N) is 1. The number of aromatic nitrogens is 1. The van der Waals surface area contributed by atoms with Crippen molar-refractivity contribution >= 4 is 17.2 Å². The summed E-state index contributed by atoms with van der Waals surface area (Å²) in [7, 11) is 1.54. The number of aliphatic hydroxyl groups is 1. The molecule has 1 atom stereocenters. The van der Waals surface area contributed by atoms with Crippen molar-refractivity contribution in [3.8, 4) is 0 Å². The van der Waals surface area contributed by atoms with Crippen molar-refractivity contribution < 1.29 is 14.6 Å². The van der Waals surface area contributed by atoms with Gasteiger partial charge in [0.25, 0.3) is 0 Å². The van der Waals surface area contributed by atoms with E-state index in [0.29, 0.717) is 13.0 Å². The highest BCUT2D eigenvalue weighted by molar-refractivity contribution is 7.09. The third kappa shape index (κ3) is 5.98. The molecule has 0 aliphatic rings. The molecule has 0 aromatic carbocycles. The molecule has 1 aromatic rings. The Morgan fingerprint density at radius 2 is 2.25 bits per heavy atom. The number of methoxy groups -OCH3 is 1. The fourth-order valence-corrected chi connectivity index (χ4v) is 2.52. The molecule has 1 amide bonds. The fourth-order valence-electron chi connectivity index (χ4n) is 1.61. The molecular weight excluding hydrogens is 276 g/mol. The van der Waals surface area contributed by atoms with Gasteiger partial charge in [-0.25, -0.2) is 4.98 Å². The van der Waals surface area contributed by atoms with Crippen LogP contribution in [0.4, 0.5) is 0 Å². The predicted molar refractivity (Wildman–Crippen MR) is 80.0 cm³/mol. The number of hydrogen-bond acceptors (Lipinski definition) is 5. The number of nitrogens with zero attached hydrogens (tertiary/aromatic N) is 1. The van der Waals surface area contributed by atoms with E-state index in [1.54, 1.807) is 11.3 Å².